The van der Waals surface area contributed by atoms with Crippen LogP contribution >= 0.6 is 11.6 Å². The van der Waals surface area contributed by atoms with E-state index in [4.69, 9.17) is 16.3 Å². The van der Waals surface area contributed by atoms with E-state index in [0.717, 1.165) is 12.8 Å². The van der Waals surface area contributed by atoms with Crippen molar-refractivity contribution in [1.29, 1.82) is 0 Å². The molecule has 0 saturated heterocycles. The highest BCUT2D eigenvalue weighted by Gasteiger charge is 2.46. The largest absolute Gasteiger partial charge is 0.481 e. The topological polar surface area (TPSA) is 21.3 Å². The van der Waals surface area contributed by atoms with Crippen LogP contribution in [0.1, 0.15) is 33.6 Å². The lowest BCUT2D eigenvalue weighted by Gasteiger charge is -2.26. The molecule has 1 fully saturated rings. The molecule has 1 N–H and O–H groups in total. The fraction of sp³-hybridized carbons (Fsp3) is 0.571. The number of para-hydroxylation sites is 1. The number of halogens is 2. The Kier molecular flexibility index (Phi) is 3.56. The minimum absolute atomic E-state index is 0.0258. The van der Waals surface area contributed by atoms with Crippen LogP contribution in [-0.2, 0) is 0 Å². The van der Waals surface area contributed by atoms with Crippen molar-refractivity contribution >= 4 is 11.6 Å². The molecule has 1 aromatic rings. The van der Waals surface area contributed by atoms with Crippen LogP contribution in [-0.4, -0.2) is 17.7 Å². The zero-order valence-corrected chi connectivity index (χ0v) is 11.8. The van der Waals surface area contributed by atoms with Crippen molar-refractivity contribution in [2.75, 3.05) is 6.54 Å². The first-order valence-electron chi connectivity index (χ1n) is 6.19. The number of ether oxygens (including phenoxy) is 1. The van der Waals surface area contributed by atoms with Gasteiger partial charge in [-0.2, -0.15) is 0 Å². The van der Waals surface area contributed by atoms with Crippen molar-refractivity contribution < 1.29 is 9.13 Å². The van der Waals surface area contributed by atoms with Crippen LogP contribution in [0.4, 0.5) is 4.39 Å². The van der Waals surface area contributed by atoms with E-state index < -0.39 is 5.82 Å². The predicted molar refractivity (Wildman–Crippen MR) is 71.8 cm³/mol. The van der Waals surface area contributed by atoms with Crippen molar-refractivity contribution in [2.45, 2.75) is 44.8 Å². The summed E-state index contributed by atoms with van der Waals surface area (Å²) in [6, 6.07) is 4.60. The zero-order valence-electron chi connectivity index (χ0n) is 11.0. The molecule has 0 radical (unpaired) electrons. The summed E-state index contributed by atoms with van der Waals surface area (Å²) >= 11 is 5.97. The van der Waals surface area contributed by atoms with Crippen molar-refractivity contribution in [1.82, 2.24) is 5.32 Å². The van der Waals surface area contributed by atoms with E-state index in [0.29, 0.717) is 11.6 Å². The van der Waals surface area contributed by atoms with Crippen molar-refractivity contribution in [3.63, 3.8) is 0 Å². The molecular weight excluding hydrogens is 253 g/mol. The molecule has 0 amide bonds. The first-order chi connectivity index (χ1) is 8.31. The molecule has 1 aliphatic rings. The van der Waals surface area contributed by atoms with E-state index in [-0.39, 0.29) is 16.9 Å². The SMILES string of the molecule is CC(C)(C)NCC1(Oc2c(F)cccc2Cl)CC1. The first-order valence-corrected chi connectivity index (χ1v) is 6.57. The third-order valence-corrected chi connectivity index (χ3v) is 3.28. The van der Waals surface area contributed by atoms with Crippen LogP contribution in [0.5, 0.6) is 5.75 Å². The minimum atomic E-state index is -0.399. The van der Waals surface area contributed by atoms with E-state index in [9.17, 15) is 4.39 Å². The monoisotopic (exact) mass is 271 g/mol. The molecule has 0 aliphatic heterocycles. The molecule has 0 unspecified atom stereocenters. The summed E-state index contributed by atoms with van der Waals surface area (Å²) in [7, 11) is 0. The fourth-order valence-corrected chi connectivity index (χ4v) is 1.88. The second kappa shape index (κ2) is 4.71. The molecule has 0 spiro atoms. The van der Waals surface area contributed by atoms with Crippen LogP contribution in [0.2, 0.25) is 5.02 Å². The molecule has 2 nitrogen and oxygen atoms in total. The van der Waals surface area contributed by atoms with Gasteiger partial charge in [0.25, 0.3) is 0 Å². The summed E-state index contributed by atoms with van der Waals surface area (Å²) in [5.74, 6) is -0.225. The normalized spacial score (nSPS) is 17.6. The Balaban J connectivity index is 2.05. The number of rotatable bonds is 4. The molecule has 2 rings (SSSR count). The lowest BCUT2D eigenvalue weighted by Crippen LogP contribution is -2.43. The van der Waals surface area contributed by atoms with E-state index in [1.165, 1.54) is 6.07 Å². The summed E-state index contributed by atoms with van der Waals surface area (Å²) in [6.07, 6.45) is 1.86. The van der Waals surface area contributed by atoms with Gasteiger partial charge < -0.3 is 10.1 Å². The zero-order chi connectivity index (χ0) is 13.4. The molecule has 1 saturated carbocycles. The second-order valence-corrected chi connectivity index (χ2v) is 6.35. The van der Waals surface area contributed by atoms with Gasteiger partial charge in [0.2, 0.25) is 0 Å². The highest BCUT2D eigenvalue weighted by Crippen LogP contribution is 2.42. The van der Waals surface area contributed by atoms with Gasteiger partial charge in [-0.25, -0.2) is 4.39 Å². The van der Waals surface area contributed by atoms with Crippen molar-refractivity contribution in [3.05, 3.63) is 29.0 Å². The van der Waals surface area contributed by atoms with Crippen molar-refractivity contribution in [3.8, 4) is 5.75 Å². The summed E-state index contributed by atoms with van der Waals surface area (Å²) < 4.78 is 19.5. The average Bonchev–Trinajstić information content (AvgIpc) is 3.01. The Hall–Kier alpha value is -0.800. The maximum absolute atomic E-state index is 13.7. The summed E-state index contributed by atoms with van der Waals surface area (Å²) in [5, 5.41) is 3.72. The Morgan fingerprint density at radius 3 is 2.56 bits per heavy atom. The molecule has 0 atom stereocenters. The van der Waals surface area contributed by atoms with Crippen LogP contribution in [0.15, 0.2) is 18.2 Å². The molecule has 0 bridgehead atoms. The van der Waals surface area contributed by atoms with Gasteiger partial charge in [0.1, 0.15) is 5.60 Å². The Morgan fingerprint density at radius 2 is 2.06 bits per heavy atom. The molecule has 1 aliphatic carbocycles. The third-order valence-electron chi connectivity index (χ3n) is 2.99. The molecule has 0 aromatic heterocycles. The van der Waals surface area contributed by atoms with Gasteiger partial charge in [0.15, 0.2) is 11.6 Å². The molecule has 4 heteroatoms. The maximum Gasteiger partial charge on any atom is 0.174 e. The second-order valence-electron chi connectivity index (χ2n) is 5.94. The third kappa shape index (κ3) is 3.36. The number of hydrogen-bond donors (Lipinski definition) is 1. The van der Waals surface area contributed by atoms with Crippen LogP contribution in [0.3, 0.4) is 0 Å². The first kappa shape index (κ1) is 13.6. The Labute approximate surface area is 112 Å². The van der Waals surface area contributed by atoms with E-state index in [1.807, 2.05) is 0 Å². The standard InChI is InChI=1S/C14H19ClFNO/c1-13(2,3)17-9-14(7-8-14)18-12-10(15)5-4-6-11(12)16/h4-6,17H,7-9H2,1-3H3. The van der Waals surface area contributed by atoms with E-state index >= 15 is 0 Å². The summed E-state index contributed by atoms with van der Waals surface area (Å²) in [6.45, 7) is 7.00. The van der Waals surface area contributed by atoms with E-state index in [1.54, 1.807) is 12.1 Å². The highest BCUT2D eigenvalue weighted by molar-refractivity contribution is 6.32. The smallest absolute Gasteiger partial charge is 0.174 e. The Morgan fingerprint density at radius 1 is 1.39 bits per heavy atom. The predicted octanol–water partition coefficient (Wildman–Crippen LogP) is 3.78. The molecule has 0 heterocycles. The molecule has 18 heavy (non-hydrogen) atoms. The van der Waals surface area contributed by atoms with Crippen molar-refractivity contribution in [2.24, 2.45) is 0 Å². The lowest BCUT2D eigenvalue weighted by atomic mass is 10.1. The molecule has 1 aromatic carbocycles. The Bertz CT molecular complexity index is 418. The summed E-state index contributed by atoms with van der Waals surface area (Å²) in [4.78, 5) is 0. The van der Waals surface area contributed by atoms with Crippen LogP contribution in [0, 0.1) is 5.82 Å². The number of hydrogen-bond acceptors (Lipinski definition) is 2. The van der Waals surface area contributed by atoms with E-state index in [2.05, 4.69) is 26.1 Å². The van der Waals surface area contributed by atoms with Gasteiger partial charge in [0.05, 0.1) is 5.02 Å². The average molecular weight is 272 g/mol. The molecule has 100 valence electrons. The quantitative estimate of drug-likeness (QED) is 0.900. The van der Waals surface area contributed by atoms with Gasteiger partial charge >= 0.3 is 0 Å². The van der Waals surface area contributed by atoms with Gasteiger partial charge in [0, 0.05) is 12.1 Å². The van der Waals surface area contributed by atoms with Gasteiger partial charge in [-0.05, 0) is 45.7 Å². The lowest BCUT2D eigenvalue weighted by molar-refractivity contribution is 0.157. The highest BCUT2D eigenvalue weighted by atomic mass is 35.5. The number of benzene rings is 1. The van der Waals surface area contributed by atoms with Crippen LogP contribution in [0.25, 0.3) is 0 Å². The minimum Gasteiger partial charge on any atom is -0.481 e. The maximum atomic E-state index is 13.7. The van der Waals surface area contributed by atoms with Gasteiger partial charge in [-0.15, -0.1) is 0 Å². The fourth-order valence-electron chi connectivity index (χ4n) is 1.68. The van der Waals surface area contributed by atoms with Gasteiger partial charge in [-0.3, -0.25) is 0 Å². The molecular formula is C14H19ClFNO. The summed E-state index contributed by atoms with van der Waals surface area (Å²) in [5.41, 5.74) is -0.267. The van der Waals surface area contributed by atoms with Gasteiger partial charge in [-0.1, -0.05) is 17.7 Å². The van der Waals surface area contributed by atoms with Crippen LogP contribution < -0.4 is 10.1 Å². The number of nitrogens with one attached hydrogen (secondary N) is 1.